The second-order valence-electron chi connectivity index (χ2n) is 8.49. The minimum atomic E-state index is -4.33. The SMILES string of the molecule is COC(OC)C1c2ccccc2/C(=C\C(=O)OC(C)(C)C)N1S(=O)(=O)c1ccc([N+](=O)[O-])cc1. The van der Waals surface area contributed by atoms with Crippen LogP contribution in [-0.4, -0.2) is 49.7 Å². The van der Waals surface area contributed by atoms with Crippen LogP contribution in [0.4, 0.5) is 5.69 Å². The van der Waals surface area contributed by atoms with E-state index in [0.29, 0.717) is 11.1 Å². The largest absolute Gasteiger partial charge is 0.457 e. The number of ether oxygens (including phenoxy) is 3. The molecule has 0 bridgehead atoms. The van der Waals surface area contributed by atoms with E-state index in [-0.39, 0.29) is 16.3 Å². The molecule has 0 radical (unpaired) electrons. The second kappa shape index (κ2) is 9.53. The zero-order valence-electron chi connectivity index (χ0n) is 19.4. The molecule has 182 valence electrons. The zero-order chi connectivity index (χ0) is 25.3. The number of non-ortho nitro benzene ring substituents is 1. The van der Waals surface area contributed by atoms with Crippen LogP contribution in [0.5, 0.6) is 0 Å². The molecular formula is C23H26N2O8S. The Morgan fingerprint density at radius 1 is 1.09 bits per heavy atom. The van der Waals surface area contributed by atoms with E-state index >= 15 is 0 Å². The number of carbonyl (C=O) groups excluding carboxylic acids is 1. The van der Waals surface area contributed by atoms with Crippen molar-refractivity contribution >= 4 is 27.4 Å². The van der Waals surface area contributed by atoms with Gasteiger partial charge in [0.2, 0.25) is 0 Å². The van der Waals surface area contributed by atoms with Crippen LogP contribution in [0.25, 0.3) is 5.70 Å². The Morgan fingerprint density at radius 2 is 1.68 bits per heavy atom. The minimum absolute atomic E-state index is 0.0762. The first-order valence-corrected chi connectivity index (χ1v) is 11.7. The molecule has 34 heavy (non-hydrogen) atoms. The Labute approximate surface area is 197 Å². The van der Waals surface area contributed by atoms with Crippen LogP contribution >= 0.6 is 0 Å². The Balaban J connectivity index is 2.23. The molecule has 11 heteroatoms. The third kappa shape index (κ3) is 4.96. The Kier molecular flexibility index (Phi) is 7.10. The van der Waals surface area contributed by atoms with Crippen molar-refractivity contribution in [3.8, 4) is 0 Å². The maximum absolute atomic E-state index is 13.9. The summed E-state index contributed by atoms with van der Waals surface area (Å²) in [5.41, 5.74) is 0.0816. The van der Waals surface area contributed by atoms with Crippen molar-refractivity contribution in [1.82, 2.24) is 4.31 Å². The van der Waals surface area contributed by atoms with E-state index < -0.39 is 38.8 Å². The first-order valence-electron chi connectivity index (χ1n) is 10.3. The normalized spacial score (nSPS) is 17.2. The summed E-state index contributed by atoms with van der Waals surface area (Å²) in [4.78, 5) is 22.9. The first-order chi connectivity index (χ1) is 15.9. The highest BCUT2D eigenvalue weighted by Gasteiger charge is 2.46. The van der Waals surface area contributed by atoms with Gasteiger partial charge in [0.15, 0.2) is 6.29 Å². The molecule has 3 rings (SSSR count). The number of nitro benzene ring substituents is 1. The average Bonchev–Trinajstić information content (AvgIpc) is 3.08. The van der Waals surface area contributed by atoms with E-state index in [1.165, 1.54) is 14.2 Å². The number of methoxy groups -OCH3 is 2. The molecule has 0 spiro atoms. The summed E-state index contributed by atoms with van der Waals surface area (Å²) in [6.07, 6.45) is 0.105. The van der Waals surface area contributed by atoms with Gasteiger partial charge in [-0.05, 0) is 38.5 Å². The van der Waals surface area contributed by atoms with E-state index in [2.05, 4.69) is 0 Å². The van der Waals surface area contributed by atoms with E-state index in [9.17, 15) is 23.3 Å². The molecule has 0 amide bonds. The van der Waals surface area contributed by atoms with E-state index in [1.807, 2.05) is 0 Å². The lowest BCUT2D eigenvalue weighted by atomic mass is 10.0. The maximum Gasteiger partial charge on any atom is 0.333 e. The summed E-state index contributed by atoms with van der Waals surface area (Å²) in [5.74, 6) is -0.728. The molecule has 1 heterocycles. The number of nitro groups is 1. The summed E-state index contributed by atoms with van der Waals surface area (Å²) < 4.78 is 45.0. The van der Waals surface area contributed by atoms with Crippen LogP contribution in [0.2, 0.25) is 0 Å². The van der Waals surface area contributed by atoms with Crippen LogP contribution in [0, 0.1) is 10.1 Å². The highest BCUT2D eigenvalue weighted by Crippen LogP contribution is 2.47. The fourth-order valence-electron chi connectivity index (χ4n) is 3.71. The standard InChI is InChI=1S/C23H26N2O8S/c1-23(2,3)33-20(26)14-19-17-8-6-7-9-18(17)21(22(31-4)32-5)24(19)34(29,30)16-12-10-15(11-13-16)25(27)28/h6-14,21-22H,1-5H3/b19-14+. The molecule has 1 aliphatic heterocycles. The number of rotatable bonds is 7. The third-order valence-corrected chi connectivity index (χ3v) is 6.84. The predicted octanol–water partition coefficient (Wildman–Crippen LogP) is 3.64. The van der Waals surface area contributed by atoms with Crippen molar-refractivity contribution in [2.24, 2.45) is 0 Å². The van der Waals surface area contributed by atoms with Crippen LogP contribution < -0.4 is 0 Å². The summed E-state index contributed by atoms with van der Waals surface area (Å²) in [6.45, 7) is 5.10. The monoisotopic (exact) mass is 490 g/mol. The molecule has 0 saturated heterocycles. The first kappa shape index (κ1) is 25.3. The molecule has 10 nitrogen and oxygen atoms in total. The third-order valence-electron chi connectivity index (χ3n) is 5.03. The molecule has 2 aromatic carbocycles. The van der Waals surface area contributed by atoms with Crippen LogP contribution in [0.3, 0.4) is 0 Å². The maximum atomic E-state index is 13.9. The summed E-state index contributed by atoms with van der Waals surface area (Å²) in [7, 11) is -1.57. The molecule has 0 saturated carbocycles. The van der Waals surface area contributed by atoms with E-state index in [4.69, 9.17) is 14.2 Å². The fourth-order valence-corrected chi connectivity index (χ4v) is 5.34. The number of sulfonamides is 1. The van der Waals surface area contributed by atoms with Crippen LogP contribution in [0.1, 0.15) is 37.9 Å². The molecule has 1 unspecified atom stereocenters. The highest BCUT2D eigenvalue weighted by molar-refractivity contribution is 7.89. The number of hydrogen-bond acceptors (Lipinski definition) is 8. The summed E-state index contributed by atoms with van der Waals surface area (Å²) >= 11 is 0. The van der Waals surface area contributed by atoms with Crippen molar-refractivity contribution in [2.45, 2.75) is 43.6 Å². The summed E-state index contributed by atoms with van der Waals surface area (Å²) in [6, 6.07) is 10.4. The van der Waals surface area contributed by atoms with Gasteiger partial charge < -0.3 is 14.2 Å². The van der Waals surface area contributed by atoms with Gasteiger partial charge in [0.1, 0.15) is 11.6 Å². The number of carbonyl (C=O) groups is 1. The average molecular weight is 491 g/mol. The molecule has 1 atom stereocenters. The lowest BCUT2D eigenvalue weighted by Gasteiger charge is -2.31. The van der Waals surface area contributed by atoms with Crippen molar-refractivity contribution < 1.29 is 32.3 Å². The second-order valence-corrected chi connectivity index (χ2v) is 10.3. The van der Waals surface area contributed by atoms with Gasteiger partial charge in [-0.2, -0.15) is 0 Å². The smallest absolute Gasteiger partial charge is 0.333 e. The molecule has 2 aromatic rings. The highest BCUT2D eigenvalue weighted by atomic mass is 32.2. The van der Waals surface area contributed by atoms with Gasteiger partial charge in [-0.15, -0.1) is 0 Å². The van der Waals surface area contributed by atoms with Gasteiger partial charge in [-0.1, -0.05) is 24.3 Å². The number of benzene rings is 2. The summed E-state index contributed by atoms with van der Waals surface area (Å²) in [5, 5.41) is 11.0. The van der Waals surface area contributed by atoms with E-state index in [0.717, 1.165) is 34.6 Å². The van der Waals surface area contributed by atoms with Crippen molar-refractivity contribution in [1.29, 1.82) is 0 Å². The fraction of sp³-hybridized carbons (Fsp3) is 0.348. The van der Waals surface area contributed by atoms with Crippen molar-refractivity contribution in [2.75, 3.05) is 14.2 Å². The number of hydrogen-bond donors (Lipinski definition) is 0. The molecular weight excluding hydrogens is 464 g/mol. The minimum Gasteiger partial charge on any atom is -0.457 e. The lowest BCUT2D eigenvalue weighted by Crippen LogP contribution is -2.37. The van der Waals surface area contributed by atoms with Crippen molar-refractivity contribution in [3.63, 3.8) is 0 Å². The Bertz CT molecular complexity index is 1210. The van der Waals surface area contributed by atoms with Crippen LogP contribution in [-0.2, 0) is 29.0 Å². The number of esters is 1. The molecule has 1 aliphatic rings. The lowest BCUT2D eigenvalue weighted by molar-refractivity contribution is -0.384. The molecule has 0 aromatic heterocycles. The van der Waals surface area contributed by atoms with Gasteiger partial charge in [0.05, 0.1) is 15.5 Å². The van der Waals surface area contributed by atoms with Gasteiger partial charge in [-0.25, -0.2) is 13.2 Å². The van der Waals surface area contributed by atoms with Gasteiger partial charge in [0, 0.05) is 38.0 Å². The van der Waals surface area contributed by atoms with Gasteiger partial charge in [0.25, 0.3) is 15.7 Å². The van der Waals surface area contributed by atoms with Gasteiger partial charge in [-0.3, -0.25) is 14.4 Å². The topological polar surface area (TPSA) is 125 Å². The zero-order valence-corrected chi connectivity index (χ0v) is 20.2. The van der Waals surface area contributed by atoms with Gasteiger partial charge >= 0.3 is 5.97 Å². The number of nitrogens with zero attached hydrogens (tertiary/aromatic N) is 2. The Morgan fingerprint density at radius 3 is 2.21 bits per heavy atom. The quantitative estimate of drug-likeness (QED) is 0.189. The van der Waals surface area contributed by atoms with Crippen LogP contribution in [0.15, 0.2) is 59.5 Å². The molecule has 0 fully saturated rings. The van der Waals surface area contributed by atoms with E-state index in [1.54, 1.807) is 45.0 Å². The number of fused-ring (bicyclic) bond motifs is 1. The Hall–Kier alpha value is -3.28. The van der Waals surface area contributed by atoms with Crippen molar-refractivity contribution in [3.05, 3.63) is 75.8 Å². The molecule has 0 N–H and O–H groups in total. The molecule has 0 aliphatic carbocycles. The predicted molar refractivity (Wildman–Crippen MR) is 123 cm³/mol.